The van der Waals surface area contributed by atoms with Crippen molar-refractivity contribution in [1.82, 2.24) is 5.16 Å². The number of isocyanates is 1. The van der Waals surface area contributed by atoms with Gasteiger partial charge in [0.05, 0.1) is 5.69 Å². The number of aryl methyl sites for hydroxylation is 1. The second kappa shape index (κ2) is 3.68. The normalized spacial score (nSPS) is 9.18. The third kappa shape index (κ3) is 2.02. The first-order chi connectivity index (χ1) is 5.36. The zero-order chi connectivity index (χ0) is 8.10. The summed E-state index contributed by atoms with van der Waals surface area (Å²) in [4.78, 5) is 13.0. The Morgan fingerprint density at radius 1 is 1.82 bits per heavy atom. The van der Waals surface area contributed by atoms with E-state index in [4.69, 9.17) is 0 Å². The standard InChI is InChI=1S/C7H8N2O2/c1-2-3-6-4-7(8-5-10)11-9-6/h4H,2-3H2,1H3. The minimum absolute atomic E-state index is 0.225. The Labute approximate surface area is 63.9 Å². The second-order valence-corrected chi connectivity index (χ2v) is 2.11. The number of nitrogens with zero attached hydrogens (tertiary/aromatic N) is 2. The quantitative estimate of drug-likeness (QED) is 0.488. The predicted molar refractivity (Wildman–Crippen MR) is 38.3 cm³/mol. The molecule has 1 aromatic heterocycles. The molecule has 4 heteroatoms. The van der Waals surface area contributed by atoms with Crippen molar-refractivity contribution < 1.29 is 9.32 Å². The molecule has 0 bridgehead atoms. The number of carbonyl (C=O) groups excluding carboxylic acids is 1. The Balaban J connectivity index is 2.73. The van der Waals surface area contributed by atoms with Gasteiger partial charge in [0.25, 0.3) is 5.88 Å². The van der Waals surface area contributed by atoms with E-state index in [0.29, 0.717) is 0 Å². The highest BCUT2D eigenvalue weighted by atomic mass is 16.5. The molecule has 58 valence electrons. The average molecular weight is 152 g/mol. The Bertz CT molecular complexity index is 274. The van der Waals surface area contributed by atoms with Gasteiger partial charge in [0.1, 0.15) is 0 Å². The van der Waals surface area contributed by atoms with Gasteiger partial charge in [-0.25, -0.2) is 4.79 Å². The van der Waals surface area contributed by atoms with Crippen molar-refractivity contribution in [2.24, 2.45) is 4.99 Å². The van der Waals surface area contributed by atoms with Gasteiger partial charge in [0.2, 0.25) is 6.08 Å². The fraction of sp³-hybridized carbons (Fsp3) is 0.429. The third-order valence-corrected chi connectivity index (χ3v) is 1.21. The SMILES string of the molecule is CCCc1cc(N=C=O)on1. The molecule has 0 fully saturated rings. The van der Waals surface area contributed by atoms with Crippen LogP contribution in [0.4, 0.5) is 5.88 Å². The summed E-state index contributed by atoms with van der Waals surface area (Å²) in [6.07, 6.45) is 3.22. The van der Waals surface area contributed by atoms with Crippen LogP contribution < -0.4 is 0 Å². The molecule has 0 atom stereocenters. The highest BCUT2D eigenvalue weighted by Gasteiger charge is 1.99. The summed E-state index contributed by atoms with van der Waals surface area (Å²) in [5.74, 6) is 0.225. The van der Waals surface area contributed by atoms with E-state index in [2.05, 4.69) is 14.7 Å². The average Bonchev–Trinajstić information content (AvgIpc) is 2.38. The molecule has 0 aliphatic rings. The highest BCUT2D eigenvalue weighted by molar-refractivity contribution is 5.42. The molecule has 1 heterocycles. The van der Waals surface area contributed by atoms with Gasteiger partial charge >= 0.3 is 0 Å². The minimum Gasteiger partial charge on any atom is -0.335 e. The van der Waals surface area contributed by atoms with Crippen molar-refractivity contribution in [2.75, 3.05) is 0 Å². The Morgan fingerprint density at radius 2 is 2.64 bits per heavy atom. The first kappa shape index (κ1) is 7.69. The molecule has 0 radical (unpaired) electrons. The molecule has 0 aliphatic heterocycles. The van der Waals surface area contributed by atoms with Crippen molar-refractivity contribution in [3.8, 4) is 0 Å². The van der Waals surface area contributed by atoms with Crippen LogP contribution in [0.1, 0.15) is 19.0 Å². The summed E-state index contributed by atoms with van der Waals surface area (Å²) in [6, 6.07) is 1.63. The lowest BCUT2D eigenvalue weighted by Crippen LogP contribution is -1.79. The number of aromatic nitrogens is 1. The highest BCUT2D eigenvalue weighted by Crippen LogP contribution is 2.13. The summed E-state index contributed by atoms with van der Waals surface area (Å²) in [5, 5.41) is 3.68. The first-order valence-electron chi connectivity index (χ1n) is 3.40. The number of hydrogen-bond donors (Lipinski definition) is 0. The summed E-state index contributed by atoms with van der Waals surface area (Å²) in [7, 11) is 0. The largest absolute Gasteiger partial charge is 0.335 e. The van der Waals surface area contributed by atoms with Gasteiger partial charge in [-0.15, -0.1) is 4.99 Å². The van der Waals surface area contributed by atoms with Crippen molar-refractivity contribution in [3.05, 3.63) is 11.8 Å². The fourth-order valence-electron chi connectivity index (χ4n) is 0.772. The van der Waals surface area contributed by atoms with Crippen LogP contribution in [0.25, 0.3) is 0 Å². The number of rotatable bonds is 3. The molecule has 0 N–H and O–H groups in total. The molecular formula is C7H8N2O2. The molecule has 1 rings (SSSR count). The van der Waals surface area contributed by atoms with Gasteiger partial charge in [-0.1, -0.05) is 18.5 Å². The van der Waals surface area contributed by atoms with Crippen LogP contribution in [0.5, 0.6) is 0 Å². The van der Waals surface area contributed by atoms with Gasteiger partial charge in [-0.2, -0.15) is 0 Å². The summed E-state index contributed by atoms with van der Waals surface area (Å²) >= 11 is 0. The molecule has 0 saturated carbocycles. The van der Waals surface area contributed by atoms with Crippen molar-refractivity contribution in [2.45, 2.75) is 19.8 Å². The molecule has 0 aromatic carbocycles. The molecule has 0 unspecified atom stereocenters. The molecule has 4 nitrogen and oxygen atoms in total. The van der Waals surface area contributed by atoms with Crippen LogP contribution >= 0.6 is 0 Å². The molecule has 0 aliphatic carbocycles. The zero-order valence-corrected chi connectivity index (χ0v) is 6.20. The lowest BCUT2D eigenvalue weighted by Gasteiger charge is -1.82. The van der Waals surface area contributed by atoms with Crippen LogP contribution in [0.3, 0.4) is 0 Å². The van der Waals surface area contributed by atoms with Crippen molar-refractivity contribution in [1.29, 1.82) is 0 Å². The van der Waals surface area contributed by atoms with E-state index in [1.165, 1.54) is 6.08 Å². The van der Waals surface area contributed by atoms with E-state index < -0.39 is 0 Å². The van der Waals surface area contributed by atoms with E-state index in [1.807, 2.05) is 6.92 Å². The fourth-order valence-corrected chi connectivity index (χ4v) is 0.772. The maximum absolute atomic E-state index is 9.76. The van der Waals surface area contributed by atoms with Crippen LogP contribution in [-0.2, 0) is 11.2 Å². The third-order valence-electron chi connectivity index (χ3n) is 1.21. The van der Waals surface area contributed by atoms with Crippen molar-refractivity contribution in [3.63, 3.8) is 0 Å². The van der Waals surface area contributed by atoms with E-state index in [0.717, 1.165) is 18.5 Å². The Morgan fingerprint density at radius 3 is 3.27 bits per heavy atom. The van der Waals surface area contributed by atoms with Crippen LogP contribution in [0, 0.1) is 0 Å². The maximum Gasteiger partial charge on any atom is 0.261 e. The zero-order valence-electron chi connectivity index (χ0n) is 6.20. The van der Waals surface area contributed by atoms with Crippen molar-refractivity contribution >= 4 is 12.0 Å². The number of aliphatic imine (C=N–C) groups is 1. The molecular weight excluding hydrogens is 144 g/mol. The lowest BCUT2D eigenvalue weighted by molar-refractivity contribution is 0.420. The number of hydrogen-bond acceptors (Lipinski definition) is 4. The van der Waals surface area contributed by atoms with E-state index >= 15 is 0 Å². The topological polar surface area (TPSA) is 55.5 Å². The molecule has 0 amide bonds. The maximum atomic E-state index is 9.76. The second-order valence-electron chi connectivity index (χ2n) is 2.11. The predicted octanol–water partition coefficient (Wildman–Crippen LogP) is 1.59. The monoisotopic (exact) mass is 152 g/mol. The molecule has 11 heavy (non-hydrogen) atoms. The summed E-state index contributed by atoms with van der Waals surface area (Å²) < 4.78 is 4.68. The van der Waals surface area contributed by atoms with Gasteiger partial charge in [0, 0.05) is 6.07 Å². The molecule has 0 saturated heterocycles. The van der Waals surface area contributed by atoms with Crippen LogP contribution in [0.2, 0.25) is 0 Å². The molecule has 1 aromatic rings. The van der Waals surface area contributed by atoms with Gasteiger partial charge in [-0.05, 0) is 6.42 Å². The van der Waals surface area contributed by atoms with Gasteiger partial charge in [0.15, 0.2) is 0 Å². The van der Waals surface area contributed by atoms with E-state index in [1.54, 1.807) is 6.07 Å². The van der Waals surface area contributed by atoms with E-state index in [-0.39, 0.29) is 5.88 Å². The van der Waals surface area contributed by atoms with Gasteiger partial charge < -0.3 is 4.52 Å². The minimum atomic E-state index is 0.225. The summed E-state index contributed by atoms with van der Waals surface area (Å²) in [6.45, 7) is 2.04. The first-order valence-corrected chi connectivity index (χ1v) is 3.40. The smallest absolute Gasteiger partial charge is 0.261 e. The Hall–Kier alpha value is -1.41. The van der Waals surface area contributed by atoms with Crippen LogP contribution in [0.15, 0.2) is 15.6 Å². The Kier molecular flexibility index (Phi) is 2.58. The van der Waals surface area contributed by atoms with Gasteiger partial charge in [-0.3, -0.25) is 0 Å². The molecule has 0 spiro atoms. The van der Waals surface area contributed by atoms with E-state index in [9.17, 15) is 4.79 Å². The lowest BCUT2D eigenvalue weighted by atomic mass is 10.2. The van der Waals surface area contributed by atoms with Crippen LogP contribution in [-0.4, -0.2) is 11.2 Å². The summed E-state index contributed by atoms with van der Waals surface area (Å²) in [5.41, 5.74) is 0.821.